The minimum absolute atomic E-state index is 1.12. The second kappa shape index (κ2) is 15.7. The van der Waals surface area contributed by atoms with Gasteiger partial charge in [0, 0.05) is 33.8 Å². The summed E-state index contributed by atoms with van der Waals surface area (Å²) < 4.78 is 0. The minimum Gasteiger partial charge on any atom is -0.311 e. The van der Waals surface area contributed by atoms with Crippen molar-refractivity contribution in [3.8, 4) is 22.3 Å². The molecule has 0 unspecified atom stereocenters. The van der Waals surface area contributed by atoms with Gasteiger partial charge in [-0.15, -0.1) is 0 Å². The monoisotopic (exact) mass is 748 g/mol. The predicted molar refractivity (Wildman–Crippen MR) is 247 cm³/mol. The van der Waals surface area contributed by atoms with Crippen molar-refractivity contribution in [1.82, 2.24) is 0 Å². The van der Waals surface area contributed by atoms with Crippen molar-refractivity contribution < 1.29 is 0 Å². The van der Waals surface area contributed by atoms with Crippen molar-refractivity contribution in [2.45, 2.75) is 13.1 Å². The third-order valence-corrected chi connectivity index (χ3v) is 14.7. The van der Waals surface area contributed by atoms with E-state index in [1.165, 1.54) is 43.4 Å². The lowest BCUT2D eigenvalue weighted by molar-refractivity contribution is 1.28. The highest BCUT2D eigenvalue weighted by molar-refractivity contribution is 7.00. The zero-order valence-electron chi connectivity index (χ0n) is 32.3. The summed E-state index contributed by atoms with van der Waals surface area (Å²) in [5.41, 5.74) is 11.6. The molecule has 0 heterocycles. The van der Waals surface area contributed by atoms with Crippen LogP contribution in [0.1, 0.15) is 0 Å². The third kappa shape index (κ3) is 7.29. The Labute approximate surface area is 337 Å². The molecule has 0 aliphatic heterocycles. The molecule has 0 amide bonds. The van der Waals surface area contributed by atoms with Crippen molar-refractivity contribution in [1.29, 1.82) is 0 Å². The van der Waals surface area contributed by atoms with Crippen LogP contribution in [-0.4, -0.2) is 8.07 Å². The quantitative estimate of drug-likeness (QED) is 0.129. The van der Waals surface area contributed by atoms with Gasteiger partial charge in [0.25, 0.3) is 0 Å². The highest BCUT2D eigenvalue weighted by atomic mass is 28.3. The molecule has 3 heteroatoms. The summed E-state index contributed by atoms with van der Waals surface area (Å²) >= 11 is 0. The van der Waals surface area contributed by atoms with Crippen LogP contribution in [0.25, 0.3) is 33.0 Å². The molecule has 0 fully saturated rings. The number of benzene rings is 9. The van der Waals surface area contributed by atoms with E-state index in [4.69, 9.17) is 0 Å². The highest BCUT2D eigenvalue weighted by Gasteiger charge is 2.26. The van der Waals surface area contributed by atoms with E-state index in [-0.39, 0.29) is 0 Å². The summed E-state index contributed by atoms with van der Waals surface area (Å²) in [6.45, 7) is 4.86. The smallest absolute Gasteiger partial charge is 0.112 e. The minimum atomic E-state index is -1.80. The summed E-state index contributed by atoms with van der Waals surface area (Å²) in [6.07, 6.45) is 0. The fraction of sp³-hybridized carbons (Fsp3) is 0.0370. The number of nitrogens with zero attached hydrogens (tertiary/aromatic N) is 2. The zero-order chi connectivity index (χ0) is 38.6. The lowest BCUT2D eigenvalue weighted by Gasteiger charge is -2.28. The van der Waals surface area contributed by atoms with Crippen LogP contribution in [0.3, 0.4) is 0 Å². The second-order valence-electron chi connectivity index (χ2n) is 15.0. The SMILES string of the molecule is C[Si](C)(c1ccccc1)c1ccc(N(c2ccccc2)c2ccc(-c3ccc(-c4ccc(N(c5ccccc5)c5cccc6ccccc56)cc4)cc3)cc2)cc1. The molecular formula is C54H44N2Si. The van der Waals surface area contributed by atoms with Crippen molar-refractivity contribution in [2.24, 2.45) is 0 Å². The maximum Gasteiger partial charge on any atom is 0.112 e. The fourth-order valence-corrected chi connectivity index (χ4v) is 10.3. The molecule has 9 rings (SSSR count). The topological polar surface area (TPSA) is 6.48 Å². The lowest BCUT2D eigenvalue weighted by atomic mass is 9.99. The molecule has 0 N–H and O–H groups in total. The molecule has 0 bridgehead atoms. The zero-order valence-corrected chi connectivity index (χ0v) is 33.3. The number of rotatable bonds is 10. The number of hydrogen-bond donors (Lipinski definition) is 0. The molecule has 0 aliphatic rings. The van der Waals surface area contributed by atoms with Crippen LogP contribution in [0.15, 0.2) is 231 Å². The van der Waals surface area contributed by atoms with E-state index in [9.17, 15) is 0 Å². The van der Waals surface area contributed by atoms with Crippen LogP contribution in [0, 0.1) is 0 Å². The van der Waals surface area contributed by atoms with Gasteiger partial charge in [-0.3, -0.25) is 0 Å². The fourth-order valence-electron chi connectivity index (χ4n) is 7.94. The Balaban J connectivity index is 0.965. The van der Waals surface area contributed by atoms with E-state index >= 15 is 0 Å². The molecule has 0 saturated heterocycles. The van der Waals surface area contributed by atoms with E-state index in [1.807, 2.05) is 0 Å². The van der Waals surface area contributed by atoms with Gasteiger partial charge in [0.2, 0.25) is 0 Å². The van der Waals surface area contributed by atoms with E-state index < -0.39 is 8.07 Å². The van der Waals surface area contributed by atoms with Crippen LogP contribution in [-0.2, 0) is 0 Å². The molecule has 0 radical (unpaired) electrons. The lowest BCUT2D eigenvalue weighted by Crippen LogP contribution is -2.52. The average molecular weight is 749 g/mol. The maximum absolute atomic E-state index is 2.43. The normalized spacial score (nSPS) is 11.3. The van der Waals surface area contributed by atoms with E-state index in [0.717, 1.165) is 34.1 Å². The van der Waals surface area contributed by atoms with Gasteiger partial charge in [-0.05, 0) is 94.4 Å². The van der Waals surface area contributed by atoms with Gasteiger partial charge in [-0.1, -0.05) is 187 Å². The second-order valence-corrected chi connectivity index (χ2v) is 19.5. The van der Waals surface area contributed by atoms with Crippen molar-refractivity contribution in [3.05, 3.63) is 231 Å². The highest BCUT2D eigenvalue weighted by Crippen LogP contribution is 2.40. The number of anilines is 6. The van der Waals surface area contributed by atoms with Crippen molar-refractivity contribution >= 4 is 63.3 Å². The van der Waals surface area contributed by atoms with Gasteiger partial charge in [0.1, 0.15) is 8.07 Å². The molecule has 9 aromatic rings. The molecule has 0 atom stereocenters. The Kier molecular flexibility index (Phi) is 9.82. The predicted octanol–water partition coefficient (Wildman–Crippen LogP) is 13.9. The van der Waals surface area contributed by atoms with Gasteiger partial charge < -0.3 is 9.80 Å². The first-order chi connectivity index (χ1) is 28.0. The van der Waals surface area contributed by atoms with Gasteiger partial charge in [0.05, 0.1) is 5.69 Å². The van der Waals surface area contributed by atoms with Crippen LogP contribution in [0.5, 0.6) is 0 Å². The maximum atomic E-state index is 2.43. The summed E-state index contributed by atoms with van der Waals surface area (Å²) in [6, 6.07) is 83.4. The number of para-hydroxylation sites is 2. The largest absolute Gasteiger partial charge is 0.311 e. The summed E-state index contributed by atoms with van der Waals surface area (Å²) in [5, 5.41) is 5.33. The third-order valence-electron chi connectivity index (χ3n) is 11.2. The number of fused-ring (bicyclic) bond motifs is 1. The van der Waals surface area contributed by atoms with Gasteiger partial charge >= 0.3 is 0 Å². The molecule has 0 spiro atoms. The van der Waals surface area contributed by atoms with E-state index in [0.29, 0.717) is 0 Å². The molecule has 274 valence electrons. The van der Waals surface area contributed by atoms with Crippen LogP contribution in [0.4, 0.5) is 34.1 Å². The molecular weight excluding hydrogens is 705 g/mol. The first-order valence-corrected chi connectivity index (χ1v) is 22.7. The van der Waals surface area contributed by atoms with Gasteiger partial charge in [-0.25, -0.2) is 0 Å². The van der Waals surface area contributed by atoms with Crippen LogP contribution in [0.2, 0.25) is 13.1 Å². The molecule has 57 heavy (non-hydrogen) atoms. The van der Waals surface area contributed by atoms with E-state index in [1.54, 1.807) is 0 Å². The first-order valence-electron chi connectivity index (χ1n) is 19.7. The standard InChI is InChI=1S/C54H44N2Si/c1-57(2,51-21-10-5-11-22-51)52-39-37-49(38-40-52)55(46-17-6-3-7-18-46)48-33-29-43(30-34-48)41-25-27-42(28-26-41)44-31-35-50(36-32-44)56(47-19-8-4-9-20-47)54-24-14-16-45-15-12-13-23-53(45)54/h3-40H,1-2H3. The summed E-state index contributed by atoms with van der Waals surface area (Å²) in [5.74, 6) is 0. The molecule has 0 saturated carbocycles. The van der Waals surface area contributed by atoms with Crippen molar-refractivity contribution in [2.75, 3.05) is 9.80 Å². The molecule has 9 aromatic carbocycles. The Hall–Kier alpha value is -6.94. The van der Waals surface area contributed by atoms with E-state index in [2.05, 4.69) is 253 Å². The molecule has 0 aromatic heterocycles. The number of hydrogen-bond acceptors (Lipinski definition) is 2. The van der Waals surface area contributed by atoms with Crippen LogP contribution >= 0.6 is 0 Å². The van der Waals surface area contributed by atoms with Gasteiger partial charge in [-0.2, -0.15) is 0 Å². The molecule has 2 nitrogen and oxygen atoms in total. The first kappa shape index (κ1) is 35.7. The summed E-state index contributed by atoms with van der Waals surface area (Å²) in [7, 11) is -1.80. The summed E-state index contributed by atoms with van der Waals surface area (Å²) in [4.78, 5) is 4.69. The van der Waals surface area contributed by atoms with Crippen LogP contribution < -0.4 is 20.2 Å². The Bertz CT molecular complexity index is 2700. The Morgan fingerprint density at radius 3 is 1.16 bits per heavy atom. The molecule has 0 aliphatic carbocycles. The van der Waals surface area contributed by atoms with Gasteiger partial charge in [0.15, 0.2) is 0 Å². The Morgan fingerprint density at radius 1 is 0.281 bits per heavy atom. The van der Waals surface area contributed by atoms with Crippen molar-refractivity contribution in [3.63, 3.8) is 0 Å². The Morgan fingerprint density at radius 2 is 0.632 bits per heavy atom. The average Bonchev–Trinajstić information content (AvgIpc) is 3.28.